The molecular weight excluding hydrogens is 280 g/mol. The van der Waals surface area contributed by atoms with E-state index in [2.05, 4.69) is 10.3 Å². The minimum absolute atomic E-state index is 0.153. The minimum Gasteiger partial charge on any atom is -0.323 e. The molecule has 1 amide bonds. The highest BCUT2D eigenvalue weighted by molar-refractivity contribution is 7.19. The standard InChI is InChI=1S/C17H14N2OS/c1-12-5-4-6-13(11-12)18-16(20)9-10-17-19-14-7-2-3-8-15(14)21-17/h2-11H,1H3,(H,18,20). The van der Waals surface area contributed by atoms with E-state index in [1.165, 1.54) is 6.08 Å². The van der Waals surface area contributed by atoms with Crippen molar-refractivity contribution in [2.45, 2.75) is 6.92 Å². The fourth-order valence-corrected chi connectivity index (χ4v) is 2.89. The Hall–Kier alpha value is -2.46. The van der Waals surface area contributed by atoms with Gasteiger partial charge >= 0.3 is 0 Å². The first-order chi connectivity index (χ1) is 10.2. The van der Waals surface area contributed by atoms with Crippen LogP contribution in [0.3, 0.4) is 0 Å². The number of fused-ring (bicyclic) bond motifs is 1. The first-order valence-corrected chi connectivity index (χ1v) is 7.44. The number of anilines is 1. The molecule has 0 spiro atoms. The number of aromatic nitrogens is 1. The summed E-state index contributed by atoms with van der Waals surface area (Å²) in [6.07, 6.45) is 3.26. The molecule has 3 aromatic rings. The zero-order valence-electron chi connectivity index (χ0n) is 11.5. The lowest BCUT2D eigenvalue weighted by molar-refractivity contribution is -0.111. The van der Waals surface area contributed by atoms with Crippen LogP contribution in [0.4, 0.5) is 5.69 Å². The van der Waals surface area contributed by atoms with Crippen molar-refractivity contribution in [1.82, 2.24) is 4.98 Å². The molecule has 1 heterocycles. The summed E-state index contributed by atoms with van der Waals surface area (Å²) in [6.45, 7) is 1.99. The van der Waals surface area contributed by atoms with Crippen molar-refractivity contribution < 1.29 is 4.79 Å². The van der Waals surface area contributed by atoms with E-state index in [1.54, 1.807) is 17.4 Å². The molecule has 0 aliphatic heterocycles. The highest BCUT2D eigenvalue weighted by Gasteiger charge is 2.01. The molecule has 0 saturated heterocycles. The number of nitrogens with zero attached hydrogens (tertiary/aromatic N) is 1. The Bertz CT molecular complexity index is 787. The Kier molecular flexibility index (Phi) is 3.79. The van der Waals surface area contributed by atoms with Gasteiger partial charge < -0.3 is 5.32 Å². The summed E-state index contributed by atoms with van der Waals surface area (Å²) in [4.78, 5) is 16.3. The molecule has 104 valence electrons. The Morgan fingerprint density at radius 2 is 2.05 bits per heavy atom. The highest BCUT2D eigenvalue weighted by Crippen LogP contribution is 2.22. The first kappa shape index (κ1) is 13.5. The average molecular weight is 294 g/mol. The van der Waals surface area contributed by atoms with Crippen LogP contribution in [0.5, 0.6) is 0 Å². The van der Waals surface area contributed by atoms with Crippen molar-refractivity contribution in [3.8, 4) is 0 Å². The SMILES string of the molecule is Cc1cccc(NC(=O)C=Cc2nc3ccccc3s2)c1. The summed E-state index contributed by atoms with van der Waals surface area (Å²) in [5.74, 6) is -0.153. The molecule has 2 aromatic carbocycles. The quantitative estimate of drug-likeness (QED) is 0.733. The van der Waals surface area contributed by atoms with Gasteiger partial charge in [-0.3, -0.25) is 4.79 Å². The summed E-state index contributed by atoms with van der Waals surface area (Å²) >= 11 is 1.57. The van der Waals surface area contributed by atoms with Crippen LogP contribution in [-0.4, -0.2) is 10.9 Å². The van der Waals surface area contributed by atoms with Crippen molar-refractivity contribution in [2.75, 3.05) is 5.32 Å². The van der Waals surface area contributed by atoms with Crippen LogP contribution in [-0.2, 0) is 4.79 Å². The number of benzene rings is 2. The zero-order chi connectivity index (χ0) is 14.7. The molecule has 0 radical (unpaired) electrons. The predicted octanol–water partition coefficient (Wildman–Crippen LogP) is 4.26. The Morgan fingerprint density at radius 1 is 1.19 bits per heavy atom. The van der Waals surface area contributed by atoms with Gasteiger partial charge in [0.15, 0.2) is 0 Å². The molecule has 21 heavy (non-hydrogen) atoms. The molecule has 0 aliphatic carbocycles. The number of rotatable bonds is 3. The number of amides is 1. The van der Waals surface area contributed by atoms with Crippen molar-refractivity contribution >= 4 is 39.2 Å². The van der Waals surface area contributed by atoms with Gasteiger partial charge in [0.1, 0.15) is 5.01 Å². The molecular formula is C17H14N2OS. The molecule has 0 fully saturated rings. The van der Waals surface area contributed by atoms with E-state index in [9.17, 15) is 4.79 Å². The first-order valence-electron chi connectivity index (χ1n) is 6.62. The molecule has 3 rings (SSSR count). The van der Waals surface area contributed by atoms with Crippen LogP contribution in [0, 0.1) is 6.92 Å². The Morgan fingerprint density at radius 3 is 2.86 bits per heavy atom. The van der Waals surface area contributed by atoms with Crippen LogP contribution in [0.15, 0.2) is 54.6 Å². The molecule has 0 saturated carbocycles. The summed E-state index contributed by atoms with van der Waals surface area (Å²) in [5.41, 5.74) is 2.87. The summed E-state index contributed by atoms with van der Waals surface area (Å²) in [5, 5.41) is 3.67. The maximum absolute atomic E-state index is 11.9. The van der Waals surface area contributed by atoms with E-state index in [0.29, 0.717) is 0 Å². The van der Waals surface area contributed by atoms with Crippen LogP contribution >= 0.6 is 11.3 Å². The number of carbonyl (C=O) groups is 1. The van der Waals surface area contributed by atoms with Crippen molar-refractivity contribution in [3.05, 3.63) is 65.2 Å². The second-order valence-electron chi connectivity index (χ2n) is 4.71. The number of hydrogen-bond donors (Lipinski definition) is 1. The predicted molar refractivity (Wildman–Crippen MR) is 88.5 cm³/mol. The van der Waals surface area contributed by atoms with E-state index in [1.807, 2.05) is 55.5 Å². The van der Waals surface area contributed by atoms with Gasteiger partial charge in [-0.15, -0.1) is 11.3 Å². The molecule has 1 N–H and O–H groups in total. The number of para-hydroxylation sites is 1. The van der Waals surface area contributed by atoms with Crippen molar-refractivity contribution in [3.63, 3.8) is 0 Å². The van der Waals surface area contributed by atoms with Crippen LogP contribution < -0.4 is 5.32 Å². The number of hydrogen-bond acceptors (Lipinski definition) is 3. The van der Waals surface area contributed by atoms with E-state index >= 15 is 0 Å². The van der Waals surface area contributed by atoms with Gasteiger partial charge in [-0.25, -0.2) is 4.98 Å². The second kappa shape index (κ2) is 5.89. The maximum Gasteiger partial charge on any atom is 0.248 e. The number of aryl methyl sites for hydroxylation is 1. The fourth-order valence-electron chi connectivity index (χ4n) is 2.02. The van der Waals surface area contributed by atoms with Gasteiger partial charge in [-0.05, 0) is 42.8 Å². The Labute approximate surface area is 127 Å². The molecule has 3 nitrogen and oxygen atoms in total. The molecule has 0 aliphatic rings. The number of carbonyl (C=O) groups excluding carboxylic acids is 1. The molecule has 0 atom stereocenters. The monoisotopic (exact) mass is 294 g/mol. The largest absolute Gasteiger partial charge is 0.323 e. The molecule has 0 unspecified atom stereocenters. The topological polar surface area (TPSA) is 42.0 Å². The lowest BCUT2D eigenvalue weighted by Crippen LogP contribution is -2.07. The van der Waals surface area contributed by atoms with Crippen LogP contribution in [0.1, 0.15) is 10.6 Å². The van der Waals surface area contributed by atoms with E-state index in [0.717, 1.165) is 26.5 Å². The molecule has 4 heteroatoms. The van der Waals surface area contributed by atoms with E-state index < -0.39 is 0 Å². The second-order valence-corrected chi connectivity index (χ2v) is 5.77. The third-order valence-corrected chi connectivity index (χ3v) is 3.97. The average Bonchev–Trinajstić information content (AvgIpc) is 2.88. The van der Waals surface area contributed by atoms with Crippen LogP contribution in [0.2, 0.25) is 0 Å². The normalized spacial score (nSPS) is 11.1. The summed E-state index contributed by atoms with van der Waals surface area (Å²) in [6, 6.07) is 15.7. The van der Waals surface area contributed by atoms with Gasteiger partial charge in [0.2, 0.25) is 5.91 Å². The fraction of sp³-hybridized carbons (Fsp3) is 0.0588. The van der Waals surface area contributed by atoms with Gasteiger partial charge in [-0.2, -0.15) is 0 Å². The lowest BCUT2D eigenvalue weighted by Gasteiger charge is -2.02. The summed E-state index contributed by atoms with van der Waals surface area (Å²) < 4.78 is 1.12. The Balaban J connectivity index is 1.71. The lowest BCUT2D eigenvalue weighted by atomic mass is 10.2. The maximum atomic E-state index is 11.9. The smallest absolute Gasteiger partial charge is 0.248 e. The molecule has 1 aromatic heterocycles. The highest BCUT2D eigenvalue weighted by atomic mass is 32.1. The molecule has 0 bridgehead atoms. The van der Waals surface area contributed by atoms with Gasteiger partial charge in [0.05, 0.1) is 10.2 Å². The number of thiazole rings is 1. The third-order valence-electron chi connectivity index (χ3n) is 2.97. The van der Waals surface area contributed by atoms with Crippen molar-refractivity contribution in [1.29, 1.82) is 0 Å². The van der Waals surface area contributed by atoms with Gasteiger partial charge in [0.25, 0.3) is 0 Å². The van der Waals surface area contributed by atoms with Crippen molar-refractivity contribution in [2.24, 2.45) is 0 Å². The van der Waals surface area contributed by atoms with E-state index in [-0.39, 0.29) is 5.91 Å². The van der Waals surface area contributed by atoms with Crippen LogP contribution in [0.25, 0.3) is 16.3 Å². The van der Waals surface area contributed by atoms with Gasteiger partial charge in [0, 0.05) is 11.8 Å². The third kappa shape index (κ3) is 3.35. The number of nitrogens with one attached hydrogen (secondary N) is 1. The van der Waals surface area contributed by atoms with Gasteiger partial charge in [-0.1, -0.05) is 24.3 Å². The minimum atomic E-state index is -0.153. The zero-order valence-corrected chi connectivity index (χ0v) is 12.4. The summed E-state index contributed by atoms with van der Waals surface area (Å²) in [7, 11) is 0. The van der Waals surface area contributed by atoms with E-state index in [4.69, 9.17) is 0 Å².